The van der Waals surface area contributed by atoms with Gasteiger partial charge in [-0.1, -0.05) is 44.0 Å². The van der Waals surface area contributed by atoms with E-state index < -0.39 is 0 Å². The Balaban J connectivity index is 2.04. The van der Waals surface area contributed by atoms with Gasteiger partial charge in [-0.3, -0.25) is 4.79 Å². The molecule has 2 rings (SSSR count). The first-order valence-corrected chi connectivity index (χ1v) is 7.14. The fraction of sp³-hybridized carbons (Fsp3) is 0.429. The summed E-state index contributed by atoms with van der Waals surface area (Å²) in [5.74, 6) is 0.0299. The van der Waals surface area contributed by atoms with Crippen molar-refractivity contribution in [2.24, 2.45) is 5.41 Å². The number of aromatic nitrogens is 2. The van der Waals surface area contributed by atoms with E-state index in [1.54, 1.807) is 16.7 Å². The van der Waals surface area contributed by atoms with Gasteiger partial charge in [-0.2, -0.15) is 0 Å². The van der Waals surface area contributed by atoms with Crippen LogP contribution in [0.25, 0.3) is 5.65 Å². The number of pyridine rings is 1. The Morgan fingerprint density at radius 3 is 2.70 bits per heavy atom. The molecule has 0 aliphatic rings. The smallest absolute Gasteiger partial charge is 0.225 e. The van der Waals surface area contributed by atoms with Gasteiger partial charge in [0.15, 0.2) is 5.65 Å². The van der Waals surface area contributed by atoms with Gasteiger partial charge >= 0.3 is 0 Å². The largest absolute Gasteiger partial charge is 0.355 e. The first kappa shape index (κ1) is 15.1. The Morgan fingerprint density at radius 1 is 1.35 bits per heavy atom. The Kier molecular flexibility index (Phi) is 4.25. The number of rotatable bonds is 3. The number of imidazole rings is 1. The van der Waals surface area contributed by atoms with E-state index >= 15 is 0 Å². The van der Waals surface area contributed by atoms with Crippen LogP contribution in [0, 0.1) is 5.41 Å². The van der Waals surface area contributed by atoms with Crippen LogP contribution in [0.15, 0.2) is 18.5 Å². The second-order valence-electron chi connectivity index (χ2n) is 5.73. The Labute approximate surface area is 128 Å². The summed E-state index contributed by atoms with van der Waals surface area (Å²) in [5.41, 5.74) is 1.16. The minimum absolute atomic E-state index is 0.0299. The lowest BCUT2D eigenvalue weighted by Gasteiger charge is -2.17. The molecule has 0 saturated carbocycles. The average molecular weight is 314 g/mol. The highest BCUT2D eigenvalue weighted by atomic mass is 35.5. The van der Waals surface area contributed by atoms with Crippen LogP contribution in [0.4, 0.5) is 0 Å². The van der Waals surface area contributed by atoms with Crippen molar-refractivity contribution in [3.63, 3.8) is 0 Å². The predicted octanol–water partition coefficient (Wildman–Crippen LogP) is 3.35. The summed E-state index contributed by atoms with van der Waals surface area (Å²) in [5, 5.41) is 3.97. The van der Waals surface area contributed by atoms with Gasteiger partial charge in [-0.05, 0) is 6.07 Å². The predicted molar refractivity (Wildman–Crippen MR) is 81.4 cm³/mol. The van der Waals surface area contributed by atoms with Gasteiger partial charge in [-0.15, -0.1) is 0 Å². The number of nitrogens with zero attached hydrogens (tertiary/aromatic N) is 2. The topological polar surface area (TPSA) is 46.4 Å². The number of nitrogens with one attached hydrogen (secondary N) is 1. The third kappa shape index (κ3) is 3.44. The van der Waals surface area contributed by atoms with Crippen molar-refractivity contribution < 1.29 is 4.79 Å². The maximum absolute atomic E-state index is 11.8. The summed E-state index contributed by atoms with van der Waals surface area (Å²) in [6.45, 7) is 6.20. The molecule has 0 fully saturated rings. The monoisotopic (exact) mass is 313 g/mol. The summed E-state index contributed by atoms with van der Waals surface area (Å²) in [4.78, 5) is 16.2. The zero-order valence-electron chi connectivity index (χ0n) is 11.7. The standard InChI is InChI=1S/C14H17Cl2N3O/c1-14(2,3)13(20)17-5-4-10-8-19-7-9(15)6-11(16)12(19)18-10/h6-8H,4-5H2,1-3H3,(H,17,20). The third-order valence-electron chi connectivity index (χ3n) is 2.87. The number of hydrogen-bond donors (Lipinski definition) is 1. The third-order valence-corrected chi connectivity index (χ3v) is 3.36. The Morgan fingerprint density at radius 2 is 2.05 bits per heavy atom. The number of amides is 1. The maximum atomic E-state index is 11.8. The van der Waals surface area contributed by atoms with Crippen molar-refractivity contribution in [2.75, 3.05) is 6.54 Å². The van der Waals surface area contributed by atoms with Crippen LogP contribution in [0.5, 0.6) is 0 Å². The van der Waals surface area contributed by atoms with Crippen LogP contribution in [0.3, 0.4) is 0 Å². The molecule has 2 aromatic rings. The van der Waals surface area contributed by atoms with E-state index in [2.05, 4.69) is 10.3 Å². The maximum Gasteiger partial charge on any atom is 0.225 e. The van der Waals surface area contributed by atoms with Crippen molar-refractivity contribution in [1.29, 1.82) is 0 Å². The van der Waals surface area contributed by atoms with Gasteiger partial charge in [-0.25, -0.2) is 4.98 Å². The van der Waals surface area contributed by atoms with E-state index in [9.17, 15) is 4.79 Å². The molecular weight excluding hydrogens is 297 g/mol. The second kappa shape index (κ2) is 5.62. The van der Waals surface area contributed by atoms with Crippen LogP contribution >= 0.6 is 23.2 Å². The molecule has 0 atom stereocenters. The molecule has 0 unspecified atom stereocenters. The molecule has 4 nitrogen and oxygen atoms in total. The first-order chi connectivity index (χ1) is 9.27. The quantitative estimate of drug-likeness (QED) is 0.944. The molecule has 0 aliphatic heterocycles. The zero-order valence-corrected chi connectivity index (χ0v) is 13.2. The van der Waals surface area contributed by atoms with Crippen molar-refractivity contribution in [3.05, 3.63) is 34.2 Å². The van der Waals surface area contributed by atoms with Gasteiger partial charge in [0, 0.05) is 30.8 Å². The lowest BCUT2D eigenvalue weighted by molar-refractivity contribution is -0.128. The molecule has 2 aromatic heterocycles. The van der Waals surface area contributed by atoms with Crippen LogP contribution in [-0.2, 0) is 11.2 Å². The summed E-state index contributed by atoms with van der Waals surface area (Å²) < 4.78 is 1.80. The van der Waals surface area contributed by atoms with E-state index in [4.69, 9.17) is 23.2 Å². The molecule has 20 heavy (non-hydrogen) atoms. The minimum Gasteiger partial charge on any atom is -0.355 e. The van der Waals surface area contributed by atoms with E-state index in [1.165, 1.54) is 0 Å². The zero-order chi connectivity index (χ0) is 14.9. The first-order valence-electron chi connectivity index (χ1n) is 6.38. The molecule has 2 heterocycles. The molecule has 0 radical (unpaired) electrons. The van der Waals surface area contributed by atoms with Gasteiger partial charge < -0.3 is 9.72 Å². The highest BCUT2D eigenvalue weighted by molar-refractivity contribution is 6.36. The summed E-state index contributed by atoms with van der Waals surface area (Å²) in [6.07, 6.45) is 4.28. The fourth-order valence-corrected chi connectivity index (χ4v) is 2.29. The van der Waals surface area contributed by atoms with Crippen molar-refractivity contribution in [2.45, 2.75) is 27.2 Å². The van der Waals surface area contributed by atoms with Crippen LogP contribution < -0.4 is 5.32 Å². The molecule has 0 spiro atoms. The highest BCUT2D eigenvalue weighted by Gasteiger charge is 2.20. The normalized spacial score (nSPS) is 11.8. The molecule has 0 saturated heterocycles. The van der Waals surface area contributed by atoms with Crippen LogP contribution in [0.1, 0.15) is 26.5 Å². The molecule has 108 valence electrons. The Hall–Kier alpha value is -1.26. The number of fused-ring (bicyclic) bond motifs is 1. The van der Waals surface area contributed by atoms with Crippen molar-refractivity contribution >= 4 is 34.8 Å². The second-order valence-corrected chi connectivity index (χ2v) is 6.57. The van der Waals surface area contributed by atoms with E-state index in [0.717, 1.165) is 5.69 Å². The van der Waals surface area contributed by atoms with E-state index in [-0.39, 0.29) is 11.3 Å². The van der Waals surface area contributed by atoms with Gasteiger partial charge in [0.1, 0.15) is 0 Å². The van der Waals surface area contributed by atoms with Crippen molar-refractivity contribution in [1.82, 2.24) is 14.7 Å². The van der Waals surface area contributed by atoms with E-state index in [1.807, 2.05) is 27.0 Å². The number of carbonyl (C=O) groups is 1. The van der Waals surface area contributed by atoms with Crippen LogP contribution in [-0.4, -0.2) is 21.8 Å². The fourth-order valence-electron chi connectivity index (χ4n) is 1.76. The minimum atomic E-state index is -0.379. The average Bonchev–Trinajstić information content (AvgIpc) is 2.70. The lowest BCUT2D eigenvalue weighted by Crippen LogP contribution is -2.35. The van der Waals surface area contributed by atoms with Crippen LogP contribution in [0.2, 0.25) is 10.0 Å². The van der Waals surface area contributed by atoms with Crippen molar-refractivity contribution in [3.8, 4) is 0 Å². The molecule has 0 bridgehead atoms. The summed E-state index contributed by atoms with van der Waals surface area (Å²) in [6, 6.07) is 1.66. The molecule has 6 heteroatoms. The molecule has 1 N–H and O–H groups in total. The number of hydrogen-bond acceptors (Lipinski definition) is 2. The highest BCUT2D eigenvalue weighted by Crippen LogP contribution is 2.21. The lowest BCUT2D eigenvalue weighted by atomic mass is 9.96. The molecule has 1 amide bonds. The number of halogens is 2. The Bertz CT molecular complexity index is 644. The van der Waals surface area contributed by atoms with Gasteiger partial charge in [0.05, 0.1) is 15.7 Å². The molecular formula is C14H17Cl2N3O. The van der Waals surface area contributed by atoms with E-state index in [0.29, 0.717) is 28.7 Å². The van der Waals surface area contributed by atoms with Gasteiger partial charge in [0.2, 0.25) is 5.91 Å². The summed E-state index contributed by atoms with van der Waals surface area (Å²) in [7, 11) is 0. The summed E-state index contributed by atoms with van der Waals surface area (Å²) >= 11 is 12.0. The molecule has 0 aliphatic carbocycles. The van der Waals surface area contributed by atoms with Gasteiger partial charge in [0.25, 0.3) is 0 Å². The number of carbonyl (C=O) groups excluding carboxylic acids is 1. The SMILES string of the molecule is CC(C)(C)C(=O)NCCc1cn2cc(Cl)cc(Cl)c2n1. The molecule has 0 aromatic carbocycles.